The van der Waals surface area contributed by atoms with E-state index in [0.717, 1.165) is 12.0 Å². The highest BCUT2D eigenvalue weighted by Gasteiger charge is 2.44. The number of carbonyl (C=O) groups is 1. The van der Waals surface area contributed by atoms with Crippen LogP contribution in [0.2, 0.25) is 10.0 Å². The number of benzene rings is 1. The maximum Gasteiger partial charge on any atom is 0.221 e. The summed E-state index contributed by atoms with van der Waals surface area (Å²) in [6.07, 6.45) is 0.763. The van der Waals surface area contributed by atoms with Crippen LogP contribution in [0, 0.1) is 5.92 Å². The Morgan fingerprint density at radius 3 is 2.36 bits per heavy atom. The van der Waals surface area contributed by atoms with Crippen LogP contribution in [-0.2, 0) is 4.79 Å². The van der Waals surface area contributed by atoms with Crippen molar-refractivity contribution < 1.29 is 4.79 Å². The monoisotopic (exact) mass is 229 g/mol. The molecule has 2 atom stereocenters. The Labute approximate surface area is 92.0 Å². The number of hydrogen-bond donors (Lipinski definition) is 1. The van der Waals surface area contributed by atoms with Gasteiger partial charge < -0.3 is 5.73 Å². The molecule has 2 rings (SSSR count). The highest BCUT2D eigenvalue weighted by Crippen LogP contribution is 2.51. The molecule has 1 aromatic rings. The SMILES string of the molecule is NC(=O)[C@H]1C[C@@H]1c1c(Cl)cccc1Cl. The van der Waals surface area contributed by atoms with Crippen LogP contribution in [-0.4, -0.2) is 5.91 Å². The number of primary amides is 1. The van der Waals surface area contributed by atoms with Gasteiger partial charge in [-0.05, 0) is 30.0 Å². The molecule has 1 aromatic carbocycles. The van der Waals surface area contributed by atoms with Gasteiger partial charge in [0.15, 0.2) is 0 Å². The Morgan fingerprint density at radius 1 is 1.36 bits per heavy atom. The third kappa shape index (κ3) is 1.60. The van der Waals surface area contributed by atoms with Crippen molar-refractivity contribution in [2.75, 3.05) is 0 Å². The van der Waals surface area contributed by atoms with Crippen molar-refractivity contribution in [2.45, 2.75) is 12.3 Å². The van der Waals surface area contributed by atoms with E-state index in [0.29, 0.717) is 10.0 Å². The van der Waals surface area contributed by atoms with Gasteiger partial charge in [0, 0.05) is 16.0 Å². The summed E-state index contributed by atoms with van der Waals surface area (Å²) < 4.78 is 0. The van der Waals surface area contributed by atoms with E-state index in [1.807, 2.05) is 0 Å². The largest absolute Gasteiger partial charge is 0.369 e. The molecule has 2 nitrogen and oxygen atoms in total. The molecule has 1 saturated carbocycles. The summed E-state index contributed by atoms with van der Waals surface area (Å²) in [5, 5.41) is 1.23. The minimum atomic E-state index is -0.272. The van der Waals surface area contributed by atoms with Crippen molar-refractivity contribution in [1.29, 1.82) is 0 Å². The zero-order valence-electron chi connectivity index (χ0n) is 7.34. The van der Waals surface area contributed by atoms with Crippen LogP contribution in [0.15, 0.2) is 18.2 Å². The molecule has 1 aliphatic rings. The predicted octanol–water partition coefficient (Wildman–Crippen LogP) is 2.58. The van der Waals surface area contributed by atoms with Crippen LogP contribution in [0.5, 0.6) is 0 Å². The topological polar surface area (TPSA) is 43.1 Å². The van der Waals surface area contributed by atoms with Crippen LogP contribution >= 0.6 is 23.2 Å². The molecule has 0 saturated heterocycles. The molecular formula is C10H9Cl2NO. The molecule has 0 aliphatic heterocycles. The number of amides is 1. The molecule has 0 radical (unpaired) electrons. The van der Waals surface area contributed by atoms with Crippen LogP contribution in [0.25, 0.3) is 0 Å². The molecule has 0 unspecified atom stereocenters. The van der Waals surface area contributed by atoms with E-state index in [2.05, 4.69) is 0 Å². The van der Waals surface area contributed by atoms with Crippen LogP contribution < -0.4 is 5.73 Å². The van der Waals surface area contributed by atoms with Gasteiger partial charge in [-0.15, -0.1) is 0 Å². The number of carbonyl (C=O) groups excluding carboxylic acids is 1. The van der Waals surface area contributed by atoms with E-state index in [1.165, 1.54) is 0 Å². The number of hydrogen-bond acceptors (Lipinski definition) is 1. The lowest BCUT2D eigenvalue weighted by atomic mass is 10.1. The van der Waals surface area contributed by atoms with Gasteiger partial charge in [0.1, 0.15) is 0 Å². The van der Waals surface area contributed by atoms with Crippen molar-refractivity contribution >= 4 is 29.1 Å². The molecule has 0 bridgehead atoms. The Bertz CT molecular complexity index is 371. The standard InChI is InChI=1S/C10H9Cl2NO/c11-7-2-1-3-8(12)9(7)5-4-6(5)10(13)14/h1-3,5-6H,4H2,(H2,13,14)/t5-,6-/m0/s1. The van der Waals surface area contributed by atoms with Crippen molar-refractivity contribution in [3.05, 3.63) is 33.8 Å². The molecular weight excluding hydrogens is 221 g/mol. The molecule has 1 fully saturated rings. The number of nitrogens with two attached hydrogens (primary N) is 1. The predicted molar refractivity (Wildman–Crippen MR) is 56.5 cm³/mol. The first kappa shape index (κ1) is 9.81. The van der Waals surface area contributed by atoms with E-state index >= 15 is 0 Å². The summed E-state index contributed by atoms with van der Waals surface area (Å²) >= 11 is 12.0. The summed E-state index contributed by atoms with van der Waals surface area (Å²) in [6.45, 7) is 0. The Kier molecular flexibility index (Phi) is 2.41. The minimum Gasteiger partial charge on any atom is -0.369 e. The van der Waals surface area contributed by atoms with E-state index in [4.69, 9.17) is 28.9 Å². The molecule has 14 heavy (non-hydrogen) atoms. The lowest BCUT2D eigenvalue weighted by Gasteiger charge is -2.04. The fraction of sp³-hybridized carbons (Fsp3) is 0.300. The third-order valence-electron chi connectivity index (χ3n) is 2.53. The highest BCUT2D eigenvalue weighted by atomic mass is 35.5. The summed E-state index contributed by atoms with van der Waals surface area (Å²) in [7, 11) is 0. The van der Waals surface area contributed by atoms with Crippen molar-refractivity contribution in [1.82, 2.24) is 0 Å². The second-order valence-electron chi connectivity index (χ2n) is 3.49. The second kappa shape index (κ2) is 3.44. The fourth-order valence-corrected chi connectivity index (χ4v) is 2.37. The first-order chi connectivity index (χ1) is 6.61. The van der Waals surface area contributed by atoms with E-state index < -0.39 is 0 Å². The van der Waals surface area contributed by atoms with Gasteiger partial charge in [0.05, 0.1) is 0 Å². The van der Waals surface area contributed by atoms with Gasteiger partial charge in [-0.25, -0.2) is 0 Å². The summed E-state index contributed by atoms with van der Waals surface area (Å²) in [6, 6.07) is 5.34. The molecule has 0 aromatic heterocycles. The molecule has 1 aliphatic carbocycles. The van der Waals surface area contributed by atoms with Gasteiger partial charge >= 0.3 is 0 Å². The van der Waals surface area contributed by atoms with Gasteiger partial charge in [0.2, 0.25) is 5.91 Å². The first-order valence-corrected chi connectivity index (χ1v) is 5.10. The Balaban J connectivity index is 2.31. The zero-order valence-corrected chi connectivity index (χ0v) is 8.85. The third-order valence-corrected chi connectivity index (χ3v) is 3.19. The van der Waals surface area contributed by atoms with Gasteiger partial charge in [-0.3, -0.25) is 4.79 Å². The Morgan fingerprint density at radius 2 is 1.93 bits per heavy atom. The smallest absolute Gasteiger partial charge is 0.221 e. The quantitative estimate of drug-likeness (QED) is 0.833. The normalized spacial score (nSPS) is 24.7. The zero-order chi connectivity index (χ0) is 10.3. The molecule has 0 heterocycles. The minimum absolute atomic E-state index is 0.0904. The van der Waals surface area contributed by atoms with Gasteiger partial charge in [-0.2, -0.15) is 0 Å². The average Bonchev–Trinajstić information content (AvgIpc) is 2.83. The fourth-order valence-electron chi connectivity index (χ4n) is 1.69. The van der Waals surface area contributed by atoms with Gasteiger partial charge in [-0.1, -0.05) is 29.3 Å². The lowest BCUT2D eigenvalue weighted by Crippen LogP contribution is -2.13. The van der Waals surface area contributed by atoms with Crippen LogP contribution in [0.4, 0.5) is 0 Å². The maximum absolute atomic E-state index is 10.9. The molecule has 4 heteroatoms. The van der Waals surface area contributed by atoms with Crippen LogP contribution in [0.1, 0.15) is 17.9 Å². The first-order valence-electron chi connectivity index (χ1n) is 4.34. The van der Waals surface area contributed by atoms with Crippen molar-refractivity contribution in [3.8, 4) is 0 Å². The van der Waals surface area contributed by atoms with E-state index in [9.17, 15) is 4.79 Å². The van der Waals surface area contributed by atoms with Crippen LogP contribution in [0.3, 0.4) is 0 Å². The summed E-state index contributed by atoms with van der Waals surface area (Å²) in [5.41, 5.74) is 6.06. The van der Waals surface area contributed by atoms with E-state index in [1.54, 1.807) is 18.2 Å². The molecule has 0 spiro atoms. The second-order valence-corrected chi connectivity index (χ2v) is 4.30. The number of rotatable bonds is 2. The average molecular weight is 230 g/mol. The van der Waals surface area contributed by atoms with Crippen molar-refractivity contribution in [2.24, 2.45) is 11.7 Å². The number of halogens is 2. The molecule has 2 N–H and O–H groups in total. The van der Waals surface area contributed by atoms with E-state index in [-0.39, 0.29) is 17.7 Å². The lowest BCUT2D eigenvalue weighted by molar-refractivity contribution is -0.119. The highest BCUT2D eigenvalue weighted by molar-refractivity contribution is 6.36. The Hall–Kier alpha value is -0.730. The maximum atomic E-state index is 10.9. The summed E-state index contributed by atoms with van der Waals surface area (Å²) in [4.78, 5) is 10.9. The van der Waals surface area contributed by atoms with Gasteiger partial charge in [0.25, 0.3) is 0 Å². The van der Waals surface area contributed by atoms with Crippen molar-refractivity contribution in [3.63, 3.8) is 0 Å². The molecule has 74 valence electrons. The molecule has 1 amide bonds. The summed E-state index contributed by atoms with van der Waals surface area (Å²) in [5.74, 6) is -0.243.